The molecule has 0 spiro atoms. The zero-order valence-electron chi connectivity index (χ0n) is 10.2. The third-order valence-electron chi connectivity index (χ3n) is 3.66. The molecule has 0 aromatic heterocycles. The summed E-state index contributed by atoms with van der Waals surface area (Å²) in [5, 5.41) is 0.361. The van der Waals surface area contributed by atoms with Gasteiger partial charge in [-0.3, -0.25) is 0 Å². The van der Waals surface area contributed by atoms with Crippen LogP contribution in [0.3, 0.4) is 0 Å². The van der Waals surface area contributed by atoms with E-state index in [0.717, 1.165) is 6.07 Å². The predicted octanol–water partition coefficient (Wildman–Crippen LogP) is 5.23. The van der Waals surface area contributed by atoms with Crippen molar-refractivity contribution in [1.29, 1.82) is 0 Å². The maximum atomic E-state index is 13.8. The van der Waals surface area contributed by atoms with Crippen LogP contribution in [0.4, 0.5) is 30.7 Å². The topological polar surface area (TPSA) is 0 Å². The summed E-state index contributed by atoms with van der Waals surface area (Å²) in [5.74, 6) is -16.4. The van der Waals surface area contributed by atoms with E-state index in [-0.39, 0.29) is 10.8 Å². The minimum Gasteiger partial charge on any atom is -0.235 e. The molecule has 0 saturated heterocycles. The molecule has 1 aliphatic carbocycles. The van der Waals surface area contributed by atoms with Gasteiger partial charge in [0.2, 0.25) is 0 Å². The third kappa shape index (κ3) is 1.57. The lowest BCUT2D eigenvalue weighted by Crippen LogP contribution is -2.58. The van der Waals surface area contributed by atoms with Crippen LogP contribution < -0.4 is 0 Å². The van der Waals surface area contributed by atoms with Gasteiger partial charge < -0.3 is 0 Å². The molecule has 2 aromatic rings. The molecule has 0 nitrogen and oxygen atoms in total. The Bertz CT molecular complexity index is 720. The van der Waals surface area contributed by atoms with Gasteiger partial charge in [-0.1, -0.05) is 24.3 Å². The van der Waals surface area contributed by atoms with E-state index in [1.54, 1.807) is 0 Å². The standard InChI is InChI=1S/C14H7F7/c15-11-9-5-7-3-1-2-4-8(7)6-10(9)12(16,17)14(20,21)13(11,18)19/h1-6,11H. The summed E-state index contributed by atoms with van der Waals surface area (Å²) in [5.41, 5.74) is -2.50. The van der Waals surface area contributed by atoms with Gasteiger partial charge >= 0.3 is 17.8 Å². The highest BCUT2D eigenvalue weighted by molar-refractivity contribution is 5.84. The third-order valence-corrected chi connectivity index (χ3v) is 3.66. The van der Waals surface area contributed by atoms with E-state index in [0.29, 0.717) is 6.07 Å². The molecule has 0 aliphatic heterocycles. The lowest BCUT2D eigenvalue weighted by Gasteiger charge is -2.40. The van der Waals surface area contributed by atoms with Gasteiger partial charge in [-0.15, -0.1) is 0 Å². The highest BCUT2D eigenvalue weighted by atomic mass is 19.3. The first kappa shape index (κ1) is 14.2. The Balaban J connectivity index is 2.39. The number of rotatable bonds is 0. The molecule has 0 N–H and O–H groups in total. The summed E-state index contributed by atoms with van der Waals surface area (Å²) in [6.45, 7) is 0. The van der Waals surface area contributed by atoms with Crippen molar-refractivity contribution in [3.8, 4) is 0 Å². The molecular weight excluding hydrogens is 301 g/mol. The second-order valence-electron chi connectivity index (χ2n) is 4.92. The zero-order chi connectivity index (χ0) is 15.6. The van der Waals surface area contributed by atoms with Crippen LogP contribution in [0.15, 0.2) is 36.4 Å². The van der Waals surface area contributed by atoms with Crippen LogP contribution in [0.2, 0.25) is 0 Å². The van der Waals surface area contributed by atoms with E-state index in [2.05, 4.69) is 0 Å². The lowest BCUT2D eigenvalue weighted by atomic mass is 9.80. The van der Waals surface area contributed by atoms with Gasteiger partial charge in [-0.05, 0) is 22.9 Å². The summed E-state index contributed by atoms with van der Waals surface area (Å²) in [6, 6.07) is 7.12. The molecule has 0 radical (unpaired) electrons. The molecule has 0 heterocycles. The predicted molar refractivity (Wildman–Crippen MR) is 61.6 cm³/mol. The van der Waals surface area contributed by atoms with Crippen molar-refractivity contribution < 1.29 is 30.7 Å². The van der Waals surface area contributed by atoms with Crippen molar-refractivity contribution in [2.45, 2.75) is 23.9 Å². The first-order chi connectivity index (χ1) is 9.60. The molecule has 0 bridgehead atoms. The van der Waals surface area contributed by atoms with Gasteiger partial charge in [0.15, 0.2) is 6.17 Å². The number of halogens is 7. The lowest BCUT2D eigenvalue weighted by molar-refractivity contribution is -0.341. The molecule has 0 fully saturated rings. The minimum absolute atomic E-state index is 0.143. The van der Waals surface area contributed by atoms with Crippen molar-refractivity contribution >= 4 is 10.8 Å². The zero-order valence-corrected chi connectivity index (χ0v) is 10.2. The highest BCUT2D eigenvalue weighted by Gasteiger charge is 2.78. The SMILES string of the molecule is FC1c2cc3ccccc3cc2C(F)(F)C(F)(F)C1(F)F. The molecule has 1 unspecified atom stereocenters. The molecule has 2 aromatic carbocycles. The van der Waals surface area contributed by atoms with Crippen molar-refractivity contribution in [3.63, 3.8) is 0 Å². The molecule has 3 rings (SSSR count). The Kier molecular flexibility index (Phi) is 2.63. The van der Waals surface area contributed by atoms with E-state index in [1.165, 1.54) is 24.3 Å². The van der Waals surface area contributed by atoms with Gasteiger partial charge in [0.25, 0.3) is 0 Å². The molecule has 1 aliphatic rings. The van der Waals surface area contributed by atoms with Crippen LogP contribution in [0, 0.1) is 0 Å². The van der Waals surface area contributed by atoms with Crippen LogP contribution in [0.1, 0.15) is 17.3 Å². The van der Waals surface area contributed by atoms with Gasteiger partial charge in [0, 0.05) is 11.1 Å². The largest absolute Gasteiger partial charge is 0.379 e. The summed E-state index contributed by atoms with van der Waals surface area (Å²) >= 11 is 0. The number of hydrogen-bond acceptors (Lipinski definition) is 0. The summed E-state index contributed by atoms with van der Waals surface area (Å²) in [6.07, 6.45) is -3.49. The maximum Gasteiger partial charge on any atom is 0.379 e. The Morgan fingerprint density at radius 3 is 1.90 bits per heavy atom. The van der Waals surface area contributed by atoms with Gasteiger partial charge in [0.05, 0.1) is 0 Å². The summed E-state index contributed by atoms with van der Waals surface area (Å²) in [4.78, 5) is 0. The fourth-order valence-corrected chi connectivity index (χ4v) is 2.47. The van der Waals surface area contributed by atoms with Crippen molar-refractivity contribution in [2.24, 2.45) is 0 Å². The molecule has 112 valence electrons. The van der Waals surface area contributed by atoms with Crippen LogP contribution in [0.5, 0.6) is 0 Å². The first-order valence-electron chi connectivity index (χ1n) is 5.91. The van der Waals surface area contributed by atoms with Crippen molar-refractivity contribution in [1.82, 2.24) is 0 Å². The van der Waals surface area contributed by atoms with Crippen molar-refractivity contribution in [2.75, 3.05) is 0 Å². The Morgan fingerprint density at radius 1 is 0.810 bits per heavy atom. The average molecular weight is 308 g/mol. The summed E-state index contributed by atoms with van der Waals surface area (Å²) < 4.78 is 94.7. The van der Waals surface area contributed by atoms with E-state index in [4.69, 9.17) is 0 Å². The van der Waals surface area contributed by atoms with E-state index in [9.17, 15) is 30.7 Å². The van der Waals surface area contributed by atoms with E-state index in [1.807, 2.05) is 0 Å². The normalized spacial score (nSPS) is 25.6. The number of hydrogen-bond donors (Lipinski definition) is 0. The second kappa shape index (κ2) is 3.90. The second-order valence-corrected chi connectivity index (χ2v) is 4.92. The van der Waals surface area contributed by atoms with Crippen LogP contribution in [-0.4, -0.2) is 11.8 Å². The quantitative estimate of drug-likeness (QED) is 0.585. The molecular formula is C14H7F7. The fraction of sp³-hybridized carbons (Fsp3) is 0.286. The first-order valence-corrected chi connectivity index (χ1v) is 5.91. The van der Waals surface area contributed by atoms with E-state index >= 15 is 0 Å². The molecule has 0 saturated carbocycles. The monoisotopic (exact) mass is 308 g/mol. The highest BCUT2D eigenvalue weighted by Crippen LogP contribution is 2.61. The Labute approximate surface area is 114 Å². The van der Waals surface area contributed by atoms with Gasteiger partial charge in [0.1, 0.15) is 0 Å². The molecule has 21 heavy (non-hydrogen) atoms. The Hall–Kier alpha value is -1.79. The summed E-state index contributed by atoms with van der Waals surface area (Å²) in [7, 11) is 0. The minimum atomic E-state index is -5.80. The Morgan fingerprint density at radius 2 is 1.33 bits per heavy atom. The van der Waals surface area contributed by atoms with Crippen LogP contribution in [-0.2, 0) is 5.92 Å². The fourth-order valence-electron chi connectivity index (χ4n) is 2.47. The van der Waals surface area contributed by atoms with E-state index < -0.39 is 35.1 Å². The maximum absolute atomic E-state index is 13.8. The molecule has 1 atom stereocenters. The number of fused-ring (bicyclic) bond motifs is 2. The average Bonchev–Trinajstić information content (AvgIpc) is 2.43. The number of alkyl halides is 7. The van der Waals surface area contributed by atoms with Crippen LogP contribution in [0.25, 0.3) is 10.8 Å². The van der Waals surface area contributed by atoms with Gasteiger partial charge in [-0.25, -0.2) is 4.39 Å². The molecule has 7 heteroatoms. The van der Waals surface area contributed by atoms with Crippen LogP contribution >= 0.6 is 0 Å². The number of benzene rings is 2. The van der Waals surface area contributed by atoms with Gasteiger partial charge in [-0.2, -0.15) is 26.3 Å². The molecule has 0 amide bonds. The smallest absolute Gasteiger partial charge is 0.235 e. The van der Waals surface area contributed by atoms with Crippen molar-refractivity contribution in [3.05, 3.63) is 47.5 Å².